The van der Waals surface area contributed by atoms with E-state index in [1.807, 2.05) is 12.1 Å². The van der Waals surface area contributed by atoms with Gasteiger partial charge in [0.15, 0.2) is 4.77 Å². The molecule has 1 aromatic carbocycles. The van der Waals surface area contributed by atoms with Crippen molar-refractivity contribution in [3.05, 3.63) is 63.2 Å². The topological polar surface area (TPSA) is 37.8 Å². The second kappa shape index (κ2) is 5.36. The summed E-state index contributed by atoms with van der Waals surface area (Å²) in [5.41, 5.74) is 3.94. The number of allylic oxidation sites excluding steroid dienone is 1. The summed E-state index contributed by atoms with van der Waals surface area (Å²) in [6.07, 6.45) is 3.49. The molecule has 0 aliphatic heterocycles. The molecule has 2 aromatic rings. The quantitative estimate of drug-likeness (QED) is 0.687. The number of aromatic nitrogens is 2. The fraction of sp³-hybridized carbons (Fsp3) is 0.333. The second-order valence-electron chi connectivity index (χ2n) is 6.13. The molecule has 1 aliphatic rings. The first kappa shape index (κ1) is 15.0. The largest absolute Gasteiger partial charge is 0.331 e. The average molecular weight is 312 g/mol. The first-order valence-electron chi connectivity index (χ1n) is 7.58. The summed E-state index contributed by atoms with van der Waals surface area (Å²) in [4.78, 5) is 16.3. The van der Waals surface area contributed by atoms with Crippen molar-refractivity contribution in [1.29, 1.82) is 0 Å². The molecular weight excluding hydrogens is 292 g/mol. The van der Waals surface area contributed by atoms with Gasteiger partial charge in [0.25, 0.3) is 5.56 Å². The molecule has 3 nitrogen and oxygen atoms in total. The highest BCUT2D eigenvalue weighted by molar-refractivity contribution is 7.71. The van der Waals surface area contributed by atoms with E-state index in [4.69, 9.17) is 12.2 Å². The van der Waals surface area contributed by atoms with Crippen LogP contribution in [-0.4, -0.2) is 9.55 Å². The van der Waals surface area contributed by atoms with Crippen LogP contribution in [0.5, 0.6) is 0 Å². The van der Waals surface area contributed by atoms with Gasteiger partial charge in [-0.3, -0.25) is 9.36 Å². The molecular formula is C18H20N2OS. The van der Waals surface area contributed by atoms with E-state index in [9.17, 15) is 4.79 Å². The Morgan fingerprint density at radius 2 is 2.18 bits per heavy atom. The summed E-state index contributed by atoms with van der Waals surface area (Å²) < 4.78 is 2.06. The van der Waals surface area contributed by atoms with Crippen molar-refractivity contribution in [3.63, 3.8) is 0 Å². The molecule has 0 radical (unpaired) electrons. The minimum absolute atomic E-state index is 0.0116. The summed E-state index contributed by atoms with van der Waals surface area (Å²) in [6.45, 7) is 8.46. The Hall–Kier alpha value is -1.94. The van der Waals surface area contributed by atoms with Gasteiger partial charge in [-0.05, 0) is 30.6 Å². The van der Waals surface area contributed by atoms with E-state index in [0.29, 0.717) is 11.3 Å². The molecule has 0 spiro atoms. The molecule has 1 aromatic heterocycles. The lowest BCUT2D eigenvalue weighted by Crippen LogP contribution is -2.39. The molecule has 22 heavy (non-hydrogen) atoms. The molecule has 0 amide bonds. The number of rotatable bonds is 3. The van der Waals surface area contributed by atoms with E-state index >= 15 is 0 Å². The van der Waals surface area contributed by atoms with Crippen LogP contribution >= 0.6 is 12.2 Å². The molecule has 1 aliphatic carbocycles. The maximum Gasteiger partial charge on any atom is 0.258 e. The van der Waals surface area contributed by atoms with Crippen LogP contribution in [0.2, 0.25) is 0 Å². The third-order valence-corrected chi connectivity index (χ3v) is 5.07. The molecule has 0 saturated carbocycles. The van der Waals surface area contributed by atoms with Crippen LogP contribution in [0, 0.1) is 4.77 Å². The van der Waals surface area contributed by atoms with E-state index in [1.54, 1.807) is 10.6 Å². The van der Waals surface area contributed by atoms with E-state index < -0.39 is 0 Å². The van der Waals surface area contributed by atoms with Gasteiger partial charge in [-0.15, -0.1) is 6.58 Å². The van der Waals surface area contributed by atoms with Crippen LogP contribution in [0.15, 0.2) is 41.7 Å². The van der Waals surface area contributed by atoms with Crippen molar-refractivity contribution >= 4 is 12.2 Å². The Labute approximate surface area is 135 Å². The number of nitrogens with one attached hydrogen (secondary N) is 1. The molecule has 1 unspecified atom stereocenters. The van der Waals surface area contributed by atoms with Gasteiger partial charge in [-0.25, -0.2) is 0 Å². The van der Waals surface area contributed by atoms with Crippen molar-refractivity contribution in [2.45, 2.75) is 38.6 Å². The van der Waals surface area contributed by atoms with Crippen molar-refractivity contribution < 1.29 is 0 Å². The lowest BCUT2D eigenvalue weighted by atomic mass is 9.69. The molecule has 1 heterocycles. The zero-order valence-corrected chi connectivity index (χ0v) is 13.8. The molecule has 114 valence electrons. The van der Waals surface area contributed by atoms with Crippen molar-refractivity contribution in [1.82, 2.24) is 9.55 Å². The van der Waals surface area contributed by atoms with Gasteiger partial charge < -0.3 is 4.98 Å². The van der Waals surface area contributed by atoms with Crippen LogP contribution in [0.1, 0.15) is 31.4 Å². The number of H-pyrrole nitrogens is 1. The first-order valence-corrected chi connectivity index (χ1v) is 7.99. The van der Waals surface area contributed by atoms with Gasteiger partial charge in [0, 0.05) is 23.1 Å². The number of hydrogen-bond acceptors (Lipinski definition) is 2. The van der Waals surface area contributed by atoms with Crippen molar-refractivity contribution in [3.8, 4) is 11.3 Å². The Kier molecular flexibility index (Phi) is 3.65. The predicted octanol–water partition coefficient (Wildman–Crippen LogP) is 3.98. The number of fused-ring (bicyclic) bond motifs is 3. The van der Waals surface area contributed by atoms with Gasteiger partial charge in [0.05, 0.1) is 5.69 Å². The molecule has 0 fully saturated rings. The normalized spacial score (nSPS) is 19.4. The second-order valence-corrected chi connectivity index (χ2v) is 6.52. The molecule has 1 N–H and O–H groups in total. The van der Waals surface area contributed by atoms with Crippen molar-refractivity contribution in [2.24, 2.45) is 0 Å². The van der Waals surface area contributed by atoms with E-state index in [-0.39, 0.29) is 11.0 Å². The SMILES string of the molecule is C=CCn1c(=S)[nH]c2c(c1=O)C(C)(CC)Cc1ccccc1-2. The zero-order chi connectivity index (χ0) is 15.9. The third kappa shape index (κ3) is 2.10. The zero-order valence-electron chi connectivity index (χ0n) is 13.0. The Bertz CT molecular complexity index is 862. The highest BCUT2D eigenvalue weighted by atomic mass is 32.1. The fourth-order valence-corrected chi connectivity index (χ4v) is 3.62. The van der Waals surface area contributed by atoms with Crippen LogP contribution in [0.3, 0.4) is 0 Å². The van der Waals surface area contributed by atoms with Crippen LogP contribution in [0.25, 0.3) is 11.3 Å². The standard InChI is InChI=1S/C18H20N2OS/c1-4-10-20-16(21)14-15(19-17(20)22)13-9-7-6-8-12(13)11-18(14,3)5-2/h4,6-9H,1,5,10-11H2,2-3H3,(H,19,22). The number of benzene rings is 1. The third-order valence-electron chi connectivity index (χ3n) is 4.75. The average Bonchev–Trinajstić information content (AvgIpc) is 2.51. The van der Waals surface area contributed by atoms with Crippen LogP contribution in [-0.2, 0) is 18.4 Å². The summed E-state index contributed by atoms with van der Waals surface area (Å²) in [5, 5.41) is 0. The Balaban J connectivity index is 2.42. The van der Waals surface area contributed by atoms with Crippen LogP contribution in [0.4, 0.5) is 0 Å². The van der Waals surface area contributed by atoms with Gasteiger partial charge >= 0.3 is 0 Å². The molecule has 4 heteroatoms. The van der Waals surface area contributed by atoms with E-state index in [2.05, 4.69) is 37.5 Å². The number of nitrogens with zero attached hydrogens (tertiary/aromatic N) is 1. The van der Waals surface area contributed by atoms with Gasteiger partial charge in [-0.1, -0.05) is 44.2 Å². The van der Waals surface area contributed by atoms with Gasteiger partial charge in [0.1, 0.15) is 0 Å². The molecule has 1 atom stereocenters. The maximum atomic E-state index is 13.0. The fourth-order valence-electron chi connectivity index (χ4n) is 3.36. The first-order chi connectivity index (χ1) is 10.5. The smallest absolute Gasteiger partial charge is 0.258 e. The van der Waals surface area contributed by atoms with E-state index in [0.717, 1.165) is 29.7 Å². The highest BCUT2D eigenvalue weighted by Gasteiger charge is 2.37. The minimum Gasteiger partial charge on any atom is -0.331 e. The number of hydrogen-bond donors (Lipinski definition) is 1. The predicted molar refractivity (Wildman–Crippen MR) is 92.9 cm³/mol. The van der Waals surface area contributed by atoms with Gasteiger partial charge in [-0.2, -0.15) is 0 Å². The summed E-state index contributed by atoms with van der Waals surface area (Å²) in [6, 6.07) is 8.25. The van der Waals surface area contributed by atoms with Crippen molar-refractivity contribution in [2.75, 3.05) is 0 Å². The summed E-state index contributed by atoms with van der Waals surface area (Å²) in [5.74, 6) is 0. The maximum absolute atomic E-state index is 13.0. The summed E-state index contributed by atoms with van der Waals surface area (Å²) in [7, 11) is 0. The Morgan fingerprint density at radius 1 is 1.45 bits per heavy atom. The van der Waals surface area contributed by atoms with Gasteiger partial charge in [0.2, 0.25) is 0 Å². The van der Waals surface area contributed by atoms with E-state index in [1.165, 1.54) is 5.56 Å². The minimum atomic E-state index is -0.177. The highest BCUT2D eigenvalue weighted by Crippen LogP contribution is 2.42. The lowest BCUT2D eigenvalue weighted by Gasteiger charge is -2.35. The molecule has 0 saturated heterocycles. The Morgan fingerprint density at radius 3 is 2.86 bits per heavy atom. The van der Waals surface area contributed by atoms with Crippen LogP contribution < -0.4 is 5.56 Å². The monoisotopic (exact) mass is 312 g/mol. The summed E-state index contributed by atoms with van der Waals surface area (Å²) >= 11 is 5.39. The molecule has 0 bridgehead atoms. The number of aromatic amines is 1. The molecule has 3 rings (SSSR count). The lowest BCUT2D eigenvalue weighted by molar-refractivity contribution is 0.435.